The molecule has 20 heteroatoms. The first-order valence-electron chi connectivity index (χ1n) is 22.9. The molecule has 0 bridgehead atoms. The molecule has 4 N–H and O–H groups in total. The monoisotopic (exact) mass is 1000 g/mol. The number of thiazole rings is 1. The minimum atomic E-state index is -0.984. The van der Waals surface area contributed by atoms with Gasteiger partial charge in [0.1, 0.15) is 35.6 Å². The van der Waals surface area contributed by atoms with Gasteiger partial charge in [-0.1, -0.05) is 68.8 Å². The number of aromatic nitrogens is 4. The molecule has 368 valence electrons. The standard InChI is InChI=1S/C49H60ClN9O8S2/c1-28-30(3)69-48-41(28)42(33-12-14-35(50)15-13-33)54-37(45-57-56-31(4)59(45)48)23-39(61)51-16-17-65-18-19-66-20-21-67-26-40(62)55-44(49(5,6)7)47(64)58-25-36(60)22-38(58)46(63)52-24-32-8-10-34(11-9-32)43-29(2)53-27-68-43/h8-15,27,36-38,44,60H,16-26H2,1-7H3,(H,51,61)(H,52,63)(H,55,62)/t36-,37-,38-,44+/m0/s1. The lowest BCUT2D eigenvalue weighted by Gasteiger charge is -2.35. The molecular formula is C49H60ClN9O8S2. The molecule has 7 rings (SSSR count). The predicted octanol–water partition coefficient (Wildman–Crippen LogP) is 5.60. The van der Waals surface area contributed by atoms with Crippen LogP contribution in [0.3, 0.4) is 0 Å². The molecule has 0 radical (unpaired) electrons. The lowest BCUT2D eigenvalue weighted by atomic mass is 9.85. The first kappa shape index (κ1) is 51.4. The zero-order valence-corrected chi connectivity index (χ0v) is 42.4. The number of β-amino-alcohol motifs (C(OH)–C–C–N with tert-alkyl or cyclic N) is 1. The molecule has 1 fully saturated rings. The van der Waals surface area contributed by atoms with Gasteiger partial charge in [0.2, 0.25) is 23.6 Å². The van der Waals surface area contributed by atoms with Gasteiger partial charge in [0.15, 0.2) is 5.82 Å². The van der Waals surface area contributed by atoms with E-state index < -0.39 is 41.5 Å². The summed E-state index contributed by atoms with van der Waals surface area (Å²) in [4.78, 5) is 66.8. The van der Waals surface area contributed by atoms with Gasteiger partial charge >= 0.3 is 0 Å². The number of rotatable bonds is 20. The summed E-state index contributed by atoms with van der Waals surface area (Å²) in [6.45, 7) is 14.8. The van der Waals surface area contributed by atoms with Crippen LogP contribution < -0.4 is 16.0 Å². The molecule has 0 spiro atoms. The first-order chi connectivity index (χ1) is 33.0. The molecule has 5 heterocycles. The number of carbonyl (C=O) groups is 4. The Kier molecular flexibility index (Phi) is 17.2. The Hall–Kier alpha value is -5.41. The fourth-order valence-electron chi connectivity index (χ4n) is 8.23. The van der Waals surface area contributed by atoms with Gasteiger partial charge in [-0.25, -0.2) is 4.98 Å². The third-order valence-electron chi connectivity index (χ3n) is 12.0. The summed E-state index contributed by atoms with van der Waals surface area (Å²) < 4.78 is 18.8. The van der Waals surface area contributed by atoms with E-state index in [4.69, 9.17) is 30.8 Å². The number of benzene rings is 2. The molecule has 1 saturated heterocycles. The summed E-state index contributed by atoms with van der Waals surface area (Å²) in [7, 11) is 0. The molecule has 0 unspecified atom stereocenters. The van der Waals surface area contributed by atoms with Crippen LogP contribution >= 0.6 is 34.3 Å². The zero-order valence-electron chi connectivity index (χ0n) is 40.0. The van der Waals surface area contributed by atoms with E-state index in [1.807, 2.05) is 93.2 Å². The average Bonchev–Trinajstić information content (AvgIpc) is 4.08. The maximum absolute atomic E-state index is 14.0. The van der Waals surface area contributed by atoms with Crippen LogP contribution in [0.5, 0.6) is 0 Å². The SMILES string of the molecule is Cc1ncsc1-c1ccc(CNC(=O)[C@@H]2C[C@H](O)CN2C(=O)[C@@H](NC(=O)COCCOCCOCCNC(=O)C[C@@H]2N=C(c3ccc(Cl)cc3)c3c(sc(C)c3C)-n3c(C)nnc32)C(C)(C)C)cc1. The highest BCUT2D eigenvalue weighted by atomic mass is 35.5. The Morgan fingerprint density at radius 3 is 2.25 bits per heavy atom. The molecule has 69 heavy (non-hydrogen) atoms. The number of hydrogen-bond donors (Lipinski definition) is 4. The van der Waals surface area contributed by atoms with Crippen LogP contribution in [0.4, 0.5) is 0 Å². The number of likely N-dealkylation sites (tertiary alicyclic amines) is 1. The zero-order chi connectivity index (χ0) is 49.4. The van der Waals surface area contributed by atoms with E-state index in [9.17, 15) is 24.3 Å². The number of nitrogens with zero attached hydrogens (tertiary/aromatic N) is 6. The van der Waals surface area contributed by atoms with E-state index in [2.05, 4.69) is 45.0 Å². The van der Waals surface area contributed by atoms with Gasteiger partial charge in [-0.05, 0) is 61.9 Å². The van der Waals surface area contributed by atoms with Crippen LogP contribution in [0.15, 0.2) is 59.0 Å². The Bertz CT molecular complexity index is 2640. The highest BCUT2D eigenvalue weighted by Gasteiger charge is 2.44. The van der Waals surface area contributed by atoms with Crippen molar-refractivity contribution in [3.8, 4) is 15.4 Å². The first-order valence-corrected chi connectivity index (χ1v) is 25.0. The summed E-state index contributed by atoms with van der Waals surface area (Å²) in [5.41, 5.74) is 7.76. The molecule has 4 atom stereocenters. The van der Waals surface area contributed by atoms with Gasteiger partial charge in [0, 0.05) is 47.1 Å². The van der Waals surface area contributed by atoms with E-state index in [1.165, 1.54) is 4.90 Å². The predicted molar refractivity (Wildman–Crippen MR) is 265 cm³/mol. The summed E-state index contributed by atoms with van der Waals surface area (Å²) in [6.07, 6.45) is -0.737. The highest BCUT2D eigenvalue weighted by molar-refractivity contribution is 7.15. The quantitative estimate of drug-likeness (QED) is 0.0706. The number of aliphatic hydroxyl groups excluding tert-OH is 1. The van der Waals surface area contributed by atoms with Crippen molar-refractivity contribution in [3.05, 3.63) is 104 Å². The summed E-state index contributed by atoms with van der Waals surface area (Å²) in [6, 6.07) is 12.9. The Labute approximate surface area is 415 Å². The number of fused-ring (bicyclic) bond motifs is 3. The highest BCUT2D eigenvalue weighted by Crippen LogP contribution is 2.40. The van der Waals surface area contributed by atoms with Crippen LogP contribution in [-0.4, -0.2) is 130 Å². The summed E-state index contributed by atoms with van der Waals surface area (Å²) in [5, 5.41) is 29.6. The number of nitrogens with one attached hydrogen (secondary N) is 3. The average molecular weight is 1000 g/mol. The Morgan fingerprint density at radius 1 is 0.884 bits per heavy atom. The summed E-state index contributed by atoms with van der Waals surface area (Å²) in [5.74, 6) is -0.231. The van der Waals surface area contributed by atoms with E-state index in [0.717, 1.165) is 54.0 Å². The van der Waals surface area contributed by atoms with Gasteiger partial charge < -0.3 is 40.2 Å². The van der Waals surface area contributed by atoms with E-state index in [0.29, 0.717) is 16.7 Å². The van der Waals surface area contributed by atoms with Crippen molar-refractivity contribution in [2.45, 2.75) is 92.1 Å². The number of carbonyl (C=O) groups excluding carboxylic acids is 4. The molecule has 2 aliphatic heterocycles. The maximum Gasteiger partial charge on any atom is 0.246 e. The van der Waals surface area contributed by atoms with Crippen molar-refractivity contribution in [1.29, 1.82) is 0 Å². The second kappa shape index (κ2) is 23.0. The summed E-state index contributed by atoms with van der Waals surface area (Å²) >= 11 is 9.45. The molecule has 3 aromatic heterocycles. The lowest BCUT2D eigenvalue weighted by molar-refractivity contribution is -0.144. The van der Waals surface area contributed by atoms with Crippen molar-refractivity contribution in [2.24, 2.45) is 10.4 Å². The number of hydrogen-bond acceptors (Lipinski definition) is 14. The van der Waals surface area contributed by atoms with Crippen LogP contribution in [-0.2, 0) is 39.9 Å². The Morgan fingerprint density at radius 2 is 1.57 bits per heavy atom. The van der Waals surface area contributed by atoms with Gasteiger partial charge in [-0.15, -0.1) is 32.9 Å². The second-order valence-corrected chi connectivity index (χ2v) is 20.7. The third kappa shape index (κ3) is 12.7. The number of ether oxygens (including phenoxy) is 3. The largest absolute Gasteiger partial charge is 0.391 e. The molecule has 2 aliphatic rings. The van der Waals surface area contributed by atoms with E-state index >= 15 is 0 Å². The van der Waals surface area contributed by atoms with Crippen LogP contribution in [0.25, 0.3) is 15.4 Å². The second-order valence-electron chi connectivity index (χ2n) is 18.2. The fourth-order valence-corrected chi connectivity index (χ4v) is 10.4. The van der Waals surface area contributed by atoms with Crippen molar-refractivity contribution in [3.63, 3.8) is 0 Å². The van der Waals surface area contributed by atoms with Gasteiger partial charge in [-0.3, -0.25) is 28.7 Å². The van der Waals surface area contributed by atoms with Gasteiger partial charge in [0.05, 0.1) is 67.4 Å². The molecule has 5 aromatic rings. The van der Waals surface area contributed by atoms with Crippen molar-refractivity contribution in [2.75, 3.05) is 52.7 Å². The van der Waals surface area contributed by atoms with Gasteiger partial charge in [0.25, 0.3) is 0 Å². The van der Waals surface area contributed by atoms with E-state index in [1.54, 1.807) is 22.7 Å². The molecule has 2 aromatic carbocycles. The smallest absolute Gasteiger partial charge is 0.246 e. The molecule has 0 saturated carbocycles. The molecule has 0 aliphatic carbocycles. The molecule has 17 nitrogen and oxygen atoms in total. The molecule has 4 amide bonds. The minimum absolute atomic E-state index is 0.0281. The maximum atomic E-state index is 14.0. The van der Waals surface area contributed by atoms with Gasteiger partial charge in [-0.2, -0.15) is 0 Å². The minimum Gasteiger partial charge on any atom is -0.391 e. The normalized spacial score (nSPS) is 17.1. The molecular weight excluding hydrogens is 942 g/mol. The number of thiophene rings is 1. The number of amides is 4. The van der Waals surface area contributed by atoms with Crippen molar-refractivity contribution >= 4 is 63.6 Å². The van der Waals surface area contributed by atoms with E-state index in [-0.39, 0.29) is 83.9 Å². The number of aryl methyl sites for hydroxylation is 3. The van der Waals surface area contributed by atoms with Crippen LogP contribution in [0.1, 0.15) is 84.1 Å². The topological polar surface area (TPSA) is 211 Å². The lowest BCUT2D eigenvalue weighted by Crippen LogP contribution is -2.58. The van der Waals surface area contributed by atoms with Crippen LogP contribution in [0, 0.1) is 33.1 Å². The number of aliphatic hydroxyl groups is 1. The van der Waals surface area contributed by atoms with Crippen molar-refractivity contribution < 1.29 is 38.5 Å². The number of halogens is 1. The third-order valence-corrected chi connectivity index (χ3v) is 14.4. The van der Waals surface area contributed by atoms with Crippen LogP contribution in [0.2, 0.25) is 5.02 Å². The number of aliphatic imine (C=N–C) groups is 1. The Balaban J connectivity index is 0.797. The fraction of sp³-hybridized carbons (Fsp3) is 0.469. The van der Waals surface area contributed by atoms with Crippen molar-refractivity contribution in [1.82, 2.24) is 40.6 Å².